The molecular formula is C9H8F4O. The molecule has 0 N–H and O–H groups in total. The van der Waals surface area contributed by atoms with Gasteiger partial charge in [0.15, 0.2) is 11.6 Å². The molecule has 1 aromatic rings. The van der Waals surface area contributed by atoms with Gasteiger partial charge in [-0.05, 0) is 13.0 Å². The van der Waals surface area contributed by atoms with Crippen LogP contribution in [0.2, 0.25) is 0 Å². The number of ether oxygens (including phenoxy) is 1. The van der Waals surface area contributed by atoms with Crippen LogP contribution in [0.25, 0.3) is 0 Å². The van der Waals surface area contributed by atoms with E-state index in [2.05, 4.69) is 0 Å². The van der Waals surface area contributed by atoms with Crippen molar-refractivity contribution in [2.45, 2.75) is 13.3 Å². The van der Waals surface area contributed by atoms with E-state index in [-0.39, 0.29) is 12.4 Å². The van der Waals surface area contributed by atoms with Crippen molar-refractivity contribution in [3.8, 4) is 5.75 Å². The maximum absolute atomic E-state index is 13.0. The SMILES string of the molecule is CCOc1cc(F)c(C(F)F)cc1F. The summed E-state index contributed by atoms with van der Waals surface area (Å²) in [6, 6.07) is 1.07. The second kappa shape index (κ2) is 4.30. The molecule has 1 rings (SSSR count). The van der Waals surface area contributed by atoms with Crippen LogP contribution in [0.5, 0.6) is 5.75 Å². The second-order valence-electron chi connectivity index (χ2n) is 2.54. The van der Waals surface area contributed by atoms with Crippen molar-refractivity contribution in [3.05, 3.63) is 29.3 Å². The summed E-state index contributed by atoms with van der Waals surface area (Å²) < 4.78 is 54.7. The summed E-state index contributed by atoms with van der Waals surface area (Å²) in [5.41, 5.74) is -0.953. The van der Waals surface area contributed by atoms with Gasteiger partial charge in [0.2, 0.25) is 0 Å². The normalized spacial score (nSPS) is 10.7. The fourth-order valence-corrected chi connectivity index (χ4v) is 0.977. The highest BCUT2D eigenvalue weighted by Gasteiger charge is 2.17. The van der Waals surface area contributed by atoms with E-state index >= 15 is 0 Å². The average Bonchev–Trinajstić information content (AvgIpc) is 2.10. The molecule has 0 bridgehead atoms. The zero-order chi connectivity index (χ0) is 10.7. The Hall–Kier alpha value is -1.26. The third kappa shape index (κ3) is 2.16. The molecule has 0 saturated carbocycles. The maximum Gasteiger partial charge on any atom is 0.266 e. The first-order valence-electron chi connectivity index (χ1n) is 3.96. The third-order valence-electron chi connectivity index (χ3n) is 1.59. The molecule has 78 valence electrons. The summed E-state index contributed by atoms with van der Waals surface area (Å²) >= 11 is 0. The first-order valence-corrected chi connectivity index (χ1v) is 3.96. The number of benzene rings is 1. The van der Waals surface area contributed by atoms with Gasteiger partial charge in [0.05, 0.1) is 12.2 Å². The van der Waals surface area contributed by atoms with E-state index in [9.17, 15) is 17.6 Å². The van der Waals surface area contributed by atoms with Crippen LogP contribution in [0.4, 0.5) is 17.6 Å². The molecule has 0 aliphatic heterocycles. The zero-order valence-electron chi connectivity index (χ0n) is 7.36. The predicted octanol–water partition coefficient (Wildman–Crippen LogP) is 3.30. The van der Waals surface area contributed by atoms with Crippen molar-refractivity contribution < 1.29 is 22.3 Å². The van der Waals surface area contributed by atoms with Crippen molar-refractivity contribution in [2.75, 3.05) is 6.61 Å². The summed E-state index contributed by atoms with van der Waals surface area (Å²) in [6.07, 6.45) is -3.03. The van der Waals surface area contributed by atoms with E-state index in [0.717, 1.165) is 0 Å². The topological polar surface area (TPSA) is 9.23 Å². The predicted molar refractivity (Wildman–Crippen MR) is 42.5 cm³/mol. The van der Waals surface area contributed by atoms with Gasteiger partial charge in [-0.3, -0.25) is 0 Å². The summed E-state index contributed by atoms with van der Waals surface area (Å²) in [4.78, 5) is 0. The Bertz CT molecular complexity index is 325. The number of halogens is 4. The number of hydrogen-bond donors (Lipinski definition) is 0. The smallest absolute Gasteiger partial charge is 0.266 e. The molecule has 1 aromatic carbocycles. The van der Waals surface area contributed by atoms with E-state index in [0.29, 0.717) is 12.1 Å². The van der Waals surface area contributed by atoms with Gasteiger partial charge in [-0.15, -0.1) is 0 Å². The fraction of sp³-hybridized carbons (Fsp3) is 0.333. The molecule has 0 heterocycles. The molecule has 0 amide bonds. The highest BCUT2D eigenvalue weighted by atomic mass is 19.3. The van der Waals surface area contributed by atoms with Crippen LogP contribution in [0.3, 0.4) is 0 Å². The Kier molecular flexibility index (Phi) is 3.33. The van der Waals surface area contributed by atoms with Gasteiger partial charge in [-0.2, -0.15) is 0 Å². The van der Waals surface area contributed by atoms with Gasteiger partial charge in [-0.1, -0.05) is 0 Å². The Balaban J connectivity index is 3.10. The minimum Gasteiger partial charge on any atom is -0.491 e. The first kappa shape index (κ1) is 10.8. The van der Waals surface area contributed by atoms with Crippen molar-refractivity contribution in [3.63, 3.8) is 0 Å². The van der Waals surface area contributed by atoms with Gasteiger partial charge in [0.1, 0.15) is 5.82 Å². The van der Waals surface area contributed by atoms with Gasteiger partial charge in [-0.25, -0.2) is 17.6 Å². The van der Waals surface area contributed by atoms with Crippen LogP contribution >= 0.6 is 0 Å². The largest absolute Gasteiger partial charge is 0.491 e. The lowest BCUT2D eigenvalue weighted by Gasteiger charge is -2.07. The Labute approximate surface area is 78.3 Å². The molecule has 0 radical (unpaired) electrons. The number of rotatable bonds is 3. The quantitative estimate of drug-likeness (QED) is 0.692. The average molecular weight is 208 g/mol. The molecule has 1 nitrogen and oxygen atoms in total. The van der Waals surface area contributed by atoms with E-state index in [1.54, 1.807) is 6.92 Å². The molecular weight excluding hydrogens is 200 g/mol. The van der Waals surface area contributed by atoms with Gasteiger partial charge in [0.25, 0.3) is 6.43 Å². The fourth-order valence-electron chi connectivity index (χ4n) is 0.977. The molecule has 0 saturated heterocycles. The summed E-state index contributed by atoms with van der Waals surface area (Å²) in [6.45, 7) is 1.72. The lowest BCUT2D eigenvalue weighted by atomic mass is 10.2. The van der Waals surface area contributed by atoms with Gasteiger partial charge < -0.3 is 4.74 Å². The molecule has 5 heteroatoms. The minimum absolute atomic E-state index is 0.143. The molecule has 0 spiro atoms. The van der Waals surface area contributed by atoms with Crippen LogP contribution in [0.1, 0.15) is 18.9 Å². The highest BCUT2D eigenvalue weighted by molar-refractivity contribution is 5.31. The lowest BCUT2D eigenvalue weighted by Crippen LogP contribution is -1.99. The standard InChI is InChI=1S/C9H8F4O/c1-2-14-8-4-6(10)5(9(12)13)3-7(8)11/h3-4,9H,2H2,1H3. The molecule has 0 fully saturated rings. The van der Waals surface area contributed by atoms with E-state index in [1.165, 1.54) is 0 Å². The van der Waals surface area contributed by atoms with E-state index in [1.807, 2.05) is 0 Å². The first-order chi connectivity index (χ1) is 6.56. The van der Waals surface area contributed by atoms with Crippen molar-refractivity contribution >= 4 is 0 Å². The van der Waals surface area contributed by atoms with Crippen LogP contribution in [0, 0.1) is 11.6 Å². The van der Waals surface area contributed by atoms with Crippen LogP contribution in [-0.2, 0) is 0 Å². The van der Waals surface area contributed by atoms with Crippen molar-refractivity contribution in [2.24, 2.45) is 0 Å². The zero-order valence-corrected chi connectivity index (χ0v) is 7.36. The lowest BCUT2D eigenvalue weighted by molar-refractivity contribution is 0.145. The summed E-state index contributed by atoms with van der Waals surface area (Å²) in [5, 5.41) is 0. The maximum atomic E-state index is 13.0. The highest BCUT2D eigenvalue weighted by Crippen LogP contribution is 2.28. The molecule has 0 atom stereocenters. The van der Waals surface area contributed by atoms with Crippen LogP contribution in [-0.4, -0.2) is 6.61 Å². The number of alkyl halides is 2. The third-order valence-corrected chi connectivity index (χ3v) is 1.59. The molecule has 0 aromatic heterocycles. The summed E-state index contributed by atoms with van der Waals surface area (Å²) in [7, 11) is 0. The summed E-state index contributed by atoms with van der Waals surface area (Å²) in [5.74, 6) is -2.50. The Morgan fingerprint density at radius 2 is 1.86 bits per heavy atom. The van der Waals surface area contributed by atoms with Gasteiger partial charge >= 0.3 is 0 Å². The minimum atomic E-state index is -3.03. The van der Waals surface area contributed by atoms with E-state index < -0.39 is 23.6 Å². The Morgan fingerprint density at radius 1 is 1.21 bits per heavy atom. The second-order valence-corrected chi connectivity index (χ2v) is 2.54. The molecule has 0 aliphatic carbocycles. The monoisotopic (exact) mass is 208 g/mol. The van der Waals surface area contributed by atoms with E-state index in [4.69, 9.17) is 4.74 Å². The molecule has 0 unspecified atom stereocenters. The van der Waals surface area contributed by atoms with Crippen molar-refractivity contribution in [1.82, 2.24) is 0 Å². The van der Waals surface area contributed by atoms with Crippen molar-refractivity contribution in [1.29, 1.82) is 0 Å². The van der Waals surface area contributed by atoms with Gasteiger partial charge in [0, 0.05) is 6.07 Å². The number of hydrogen-bond acceptors (Lipinski definition) is 1. The molecule has 14 heavy (non-hydrogen) atoms. The van der Waals surface area contributed by atoms with Crippen LogP contribution < -0.4 is 4.74 Å². The molecule has 0 aliphatic rings. The van der Waals surface area contributed by atoms with Crippen LogP contribution in [0.15, 0.2) is 12.1 Å². The Morgan fingerprint density at radius 3 is 2.36 bits per heavy atom.